The number of nitrogens with two attached hydrogens (primary N) is 1. The van der Waals surface area contributed by atoms with Crippen molar-refractivity contribution in [2.45, 2.75) is 13.3 Å². The van der Waals surface area contributed by atoms with Crippen molar-refractivity contribution in [1.29, 1.82) is 0 Å². The van der Waals surface area contributed by atoms with Crippen LogP contribution >= 0.6 is 0 Å². The summed E-state index contributed by atoms with van der Waals surface area (Å²) in [6.07, 6.45) is 4.33. The van der Waals surface area contributed by atoms with Gasteiger partial charge in [0.15, 0.2) is 0 Å². The molecule has 8 nitrogen and oxygen atoms in total. The number of hydrogen-bond acceptors (Lipinski definition) is 6. The number of aromatic nitrogens is 3. The first-order chi connectivity index (χ1) is 12.6. The van der Waals surface area contributed by atoms with Crippen LogP contribution in [0.2, 0.25) is 0 Å². The minimum Gasteiger partial charge on any atom is -0.370 e. The van der Waals surface area contributed by atoms with E-state index in [4.69, 9.17) is 5.73 Å². The normalized spacial score (nSPS) is 10.5. The molecule has 134 valence electrons. The molecule has 0 spiro atoms. The van der Waals surface area contributed by atoms with E-state index in [9.17, 15) is 4.79 Å². The molecule has 0 fully saturated rings. The predicted octanol–water partition coefficient (Wildman–Crippen LogP) is 2.74. The SMILES string of the molecule is Cc1cc(NCCCN)nc(NC(=O)Nc2ccc3cnccc3c2)n1. The Hall–Kier alpha value is -3.26. The van der Waals surface area contributed by atoms with Gasteiger partial charge in [-0.3, -0.25) is 10.3 Å². The largest absolute Gasteiger partial charge is 0.370 e. The van der Waals surface area contributed by atoms with Gasteiger partial charge in [-0.15, -0.1) is 0 Å². The molecular weight excluding hydrogens is 330 g/mol. The molecule has 8 heteroatoms. The molecule has 0 aliphatic carbocycles. The van der Waals surface area contributed by atoms with Crippen LogP contribution in [-0.4, -0.2) is 34.1 Å². The molecule has 3 rings (SSSR count). The van der Waals surface area contributed by atoms with E-state index in [0.29, 0.717) is 24.6 Å². The summed E-state index contributed by atoms with van der Waals surface area (Å²) in [5.41, 5.74) is 6.91. The third-order valence-corrected chi connectivity index (χ3v) is 3.67. The second-order valence-electron chi connectivity index (χ2n) is 5.80. The van der Waals surface area contributed by atoms with Crippen molar-refractivity contribution in [2.24, 2.45) is 5.73 Å². The van der Waals surface area contributed by atoms with Gasteiger partial charge in [0.05, 0.1) is 0 Å². The van der Waals surface area contributed by atoms with Crippen LogP contribution in [-0.2, 0) is 0 Å². The number of carbonyl (C=O) groups is 1. The lowest BCUT2D eigenvalue weighted by molar-refractivity contribution is 0.262. The summed E-state index contributed by atoms with van der Waals surface area (Å²) in [6, 6.07) is 8.91. The lowest BCUT2D eigenvalue weighted by Crippen LogP contribution is -2.21. The summed E-state index contributed by atoms with van der Waals surface area (Å²) in [5.74, 6) is 0.891. The first-order valence-corrected chi connectivity index (χ1v) is 8.35. The molecule has 26 heavy (non-hydrogen) atoms. The molecule has 2 aromatic heterocycles. The van der Waals surface area contributed by atoms with E-state index in [-0.39, 0.29) is 5.95 Å². The van der Waals surface area contributed by atoms with Gasteiger partial charge in [-0.2, -0.15) is 4.98 Å². The molecule has 3 aromatic rings. The number of amides is 2. The van der Waals surface area contributed by atoms with Gasteiger partial charge in [-0.1, -0.05) is 6.07 Å². The van der Waals surface area contributed by atoms with Gasteiger partial charge in [0.25, 0.3) is 0 Å². The van der Waals surface area contributed by atoms with Crippen LogP contribution in [0.4, 0.5) is 22.2 Å². The van der Waals surface area contributed by atoms with Crippen molar-refractivity contribution in [3.05, 3.63) is 48.4 Å². The zero-order chi connectivity index (χ0) is 18.4. The fraction of sp³-hybridized carbons (Fsp3) is 0.222. The average Bonchev–Trinajstić information content (AvgIpc) is 2.61. The Morgan fingerprint density at radius 1 is 1.12 bits per heavy atom. The molecule has 2 heterocycles. The van der Waals surface area contributed by atoms with E-state index in [0.717, 1.165) is 22.9 Å². The number of benzene rings is 1. The van der Waals surface area contributed by atoms with Crippen LogP contribution in [0.1, 0.15) is 12.1 Å². The van der Waals surface area contributed by atoms with Gasteiger partial charge in [0.2, 0.25) is 5.95 Å². The van der Waals surface area contributed by atoms with Crippen molar-refractivity contribution in [3.8, 4) is 0 Å². The Morgan fingerprint density at radius 3 is 2.85 bits per heavy atom. The third-order valence-electron chi connectivity index (χ3n) is 3.67. The lowest BCUT2D eigenvalue weighted by atomic mass is 10.1. The maximum atomic E-state index is 12.2. The molecule has 0 aliphatic rings. The summed E-state index contributed by atoms with van der Waals surface area (Å²) < 4.78 is 0. The number of urea groups is 1. The van der Waals surface area contributed by atoms with Crippen molar-refractivity contribution >= 4 is 34.3 Å². The second-order valence-corrected chi connectivity index (χ2v) is 5.80. The smallest absolute Gasteiger partial charge is 0.326 e. The molecule has 2 amide bonds. The van der Waals surface area contributed by atoms with E-state index in [2.05, 4.69) is 30.9 Å². The Labute approximate surface area is 151 Å². The molecule has 0 saturated carbocycles. The molecule has 0 unspecified atom stereocenters. The number of pyridine rings is 1. The van der Waals surface area contributed by atoms with E-state index in [1.807, 2.05) is 37.3 Å². The van der Waals surface area contributed by atoms with Crippen molar-refractivity contribution in [2.75, 3.05) is 29.0 Å². The molecule has 0 radical (unpaired) electrons. The number of anilines is 3. The average molecular weight is 351 g/mol. The van der Waals surface area contributed by atoms with E-state index < -0.39 is 6.03 Å². The van der Waals surface area contributed by atoms with E-state index in [1.54, 1.807) is 12.4 Å². The Bertz CT molecular complexity index is 913. The van der Waals surface area contributed by atoms with Crippen LogP contribution in [0.5, 0.6) is 0 Å². The quantitative estimate of drug-likeness (QED) is 0.507. The van der Waals surface area contributed by atoms with E-state index >= 15 is 0 Å². The minimum absolute atomic E-state index is 0.239. The monoisotopic (exact) mass is 351 g/mol. The maximum Gasteiger partial charge on any atom is 0.326 e. The second kappa shape index (κ2) is 8.21. The summed E-state index contributed by atoms with van der Waals surface area (Å²) in [6.45, 7) is 3.16. The lowest BCUT2D eigenvalue weighted by Gasteiger charge is -2.10. The number of nitrogens with zero attached hydrogens (tertiary/aromatic N) is 3. The highest BCUT2D eigenvalue weighted by Gasteiger charge is 2.08. The highest BCUT2D eigenvalue weighted by atomic mass is 16.2. The number of carbonyl (C=O) groups excluding carboxylic acids is 1. The summed E-state index contributed by atoms with van der Waals surface area (Å²) in [7, 11) is 0. The van der Waals surface area contributed by atoms with Crippen LogP contribution in [0.25, 0.3) is 10.8 Å². The van der Waals surface area contributed by atoms with Gasteiger partial charge in [0.1, 0.15) is 5.82 Å². The van der Waals surface area contributed by atoms with Gasteiger partial charge >= 0.3 is 6.03 Å². The topological polar surface area (TPSA) is 118 Å². The van der Waals surface area contributed by atoms with E-state index in [1.165, 1.54) is 0 Å². The third kappa shape index (κ3) is 4.64. The highest BCUT2D eigenvalue weighted by Crippen LogP contribution is 2.18. The first-order valence-electron chi connectivity index (χ1n) is 8.35. The fourth-order valence-corrected chi connectivity index (χ4v) is 2.46. The Morgan fingerprint density at radius 2 is 2.00 bits per heavy atom. The van der Waals surface area contributed by atoms with Crippen LogP contribution in [0.15, 0.2) is 42.7 Å². The summed E-state index contributed by atoms with van der Waals surface area (Å²) in [4.78, 5) is 24.9. The molecule has 0 aliphatic heterocycles. The predicted molar refractivity (Wildman–Crippen MR) is 103 cm³/mol. The standard InChI is InChI=1S/C18H21N7O/c1-12-9-16(21-7-2-6-19)24-17(22-12)25-18(26)23-15-4-3-14-11-20-8-5-13(14)10-15/h3-5,8-11H,2,6-7,19H2,1H3,(H3,21,22,23,24,25,26). The molecule has 5 N–H and O–H groups in total. The van der Waals surface area contributed by atoms with Crippen LogP contribution in [0, 0.1) is 6.92 Å². The van der Waals surface area contributed by atoms with Gasteiger partial charge in [0, 0.05) is 41.8 Å². The first kappa shape index (κ1) is 17.6. The minimum atomic E-state index is -0.406. The maximum absolute atomic E-state index is 12.2. The number of nitrogens with one attached hydrogen (secondary N) is 3. The van der Waals surface area contributed by atoms with Crippen LogP contribution in [0.3, 0.4) is 0 Å². The van der Waals surface area contributed by atoms with Gasteiger partial charge < -0.3 is 16.4 Å². The number of fused-ring (bicyclic) bond motifs is 1. The molecule has 0 atom stereocenters. The Kier molecular flexibility index (Phi) is 5.55. The number of aryl methyl sites for hydroxylation is 1. The van der Waals surface area contributed by atoms with Crippen LogP contribution < -0.4 is 21.7 Å². The fourth-order valence-electron chi connectivity index (χ4n) is 2.46. The van der Waals surface area contributed by atoms with Crippen molar-refractivity contribution in [3.63, 3.8) is 0 Å². The molecule has 1 aromatic carbocycles. The zero-order valence-electron chi connectivity index (χ0n) is 14.5. The highest BCUT2D eigenvalue weighted by molar-refractivity contribution is 6.00. The van der Waals surface area contributed by atoms with Crippen molar-refractivity contribution in [1.82, 2.24) is 15.0 Å². The van der Waals surface area contributed by atoms with Crippen molar-refractivity contribution < 1.29 is 4.79 Å². The molecular formula is C18H21N7O. The molecule has 0 bridgehead atoms. The number of rotatable bonds is 6. The zero-order valence-corrected chi connectivity index (χ0v) is 14.5. The molecule has 0 saturated heterocycles. The Balaban J connectivity index is 1.66. The van der Waals surface area contributed by atoms with Gasteiger partial charge in [-0.05, 0) is 43.5 Å². The number of hydrogen-bond donors (Lipinski definition) is 4. The summed E-state index contributed by atoms with van der Waals surface area (Å²) >= 11 is 0. The van der Waals surface area contributed by atoms with Gasteiger partial charge in [-0.25, -0.2) is 9.78 Å². The summed E-state index contributed by atoms with van der Waals surface area (Å²) in [5, 5.41) is 10.6.